The van der Waals surface area contributed by atoms with Crippen LogP contribution < -0.4 is 5.32 Å². The van der Waals surface area contributed by atoms with Crippen LogP contribution in [0.4, 0.5) is 4.79 Å². The van der Waals surface area contributed by atoms with Crippen LogP contribution >= 0.6 is 0 Å². The van der Waals surface area contributed by atoms with Gasteiger partial charge in [0.1, 0.15) is 24.4 Å². The van der Waals surface area contributed by atoms with E-state index in [9.17, 15) is 19.2 Å². The van der Waals surface area contributed by atoms with E-state index in [1.54, 1.807) is 27.7 Å². The number of esters is 2. The van der Waals surface area contributed by atoms with E-state index in [4.69, 9.17) is 14.2 Å². The first-order chi connectivity index (χ1) is 10.0. The van der Waals surface area contributed by atoms with Crippen molar-refractivity contribution in [3.63, 3.8) is 0 Å². The van der Waals surface area contributed by atoms with E-state index in [0.717, 1.165) is 0 Å². The van der Waals surface area contributed by atoms with E-state index in [1.807, 2.05) is 0 Å². The minimum atomic E-state index is -1.20. The second-order valence-corrected chi connectivity index (χ2v) is 5.51. The molecule has 0 heterocycles. The summed E-state index contributed by atoms with van der Waals surface area (Å²) >= 11 is 0. The first kappa shape index (κ1) is 19.9. The SMILES string of the molecule is CCOC(=O)C(COC(=O)CC(C)=O)NC(=O)OC(C)(C)C. The fourth-order valence-electron chi connectivity index (χ4n) is 1.29. The Morgan fingerprint density at radius 1 is 1.09 bits per heavy atom. The van der Waals surface area contributed by atoms with Crippen molar-refractivity contribution in [3.8, 4) is 0 Å². The molecule has 0 aliphatic heterocycles. The Bertz CT molecular complexity index is 425. The van der Waals surface area contributed by atoms with Gasteiger partial charge in [-0.1, -0.05) is 0 Å². The van der Waals surface area contributed by atoms with E-state index in [-0.39, 0.29) is 12.4 Å². The normalized spacial score (nSPS) is 12.0. The van der Waals surface area contributed by atoms with E-state index >= 15 is 0 Å². The Kier molecular flexibility index (Phi) is 8.14. The molecule has 0 saturated carbocycles. The van der Waals surface area contributed by atoms with Gasteiger partial charge in [0.2, 0.25) is 0 Å². The number of hydrogen-bond acceptors (Lipinski definition) is 7. The molecule has 0 aromatic rings. The van der Waals surface area contributed by atoms with Crippen molar-refractivity contribution >= 4 is 23.8 Å². The fourth-order valence-corrected chi connectivity index (χ4v) is 1.29. The molecular weight excluding hydrogens is 294 g/mol. The number of rotatable bonds is 7. The van der Waals surface area contributed by atoms with E-state index in [2.05, 4.69) is 5.32 Å². The minimum Gasteiger partial charge on any atom is -0.464 e. The lowest BCUT2D eigenvalue weighted by atomic mass is 10.2. The molecule has 22 heavy (non-hydrogen) atoms. The Morgan fingerprint density at radius 2 is 1.68 bits per heavy atom. The molecule has 0 rings (SSSR count). The summed E-state index contributed by atoms with van der Waals surface area (Å²) < 4.78 is 14.6. The predicted octanol–water partition coefficient (Wildman–Crippen LogP) is 0.965. The molecule has 1 unspecified atom stereocenters. The molecule has 8 heteroatoms. The van der Waals surface area contributed by atoms with Crippen molar-refractivity contribution in [1.29, 1.82) is 0 Å². The Balaban J connectivity index is 4.63. The van der Waals surface area contributed by atoms with Crippen LogP contribution in [-0.4, -0.2) is 48.7 Å². The fraction of sp³-hybridized carbons (Fsp3) is 0.714. The van der Waals surface area contributed by atoms with Crippen molar-refractivity contribution in [2.24, 2.45) is 0 Å². The number of ether oxygens (including phenoxy) is 3. The molecule has 0 aliphatic carbocycles. The van der Waals surface area contributed by atoms with Crippen LogP contribution in [0, 0.1) is 0 Å². The van der Waals surface area contributed by atoms with Crippen LogP contribution in [0.5, 0.6) is 0 Å². The summed E-state index contributed by atoms with van der Waals surface area (Å²) in [5, 5.41) is 2.27. The Hall–Kier alpha value is -2.12. The smallest absolute Gasteiger partial charge is 0.408 e. The van der Waals surface area contributed by atoms with Crippen molar-refractivity contribution in [2.45, 2.75) is 52.7 Å². The van der Waals surface area contributed by atoms with Gasteiger partial charge in [0.05, 0.1) is 6.61 Å². The number of amides is 1. The number of Topliss-reactive ketones (excluding diaryl/α,β-unsaturated/α-hetero) is 1. The molecule has 0 aromatic heterocycles. The summed E-state index contributed by atoms with van der Waals surface area (Å²) in [6, 6.07) is -1.20. The van der Waals surface area contributed by atoms with Crippen LogP contribution in [-0.2, 0) is 28.6 Å². The second kappa shape index (κ2) is 9.01. The second-order valence-electron chi connectivity index (χ2n) is 5.51. The van der Waals surface area contributed by atoms with Crippen molar-refractivity contribution in [1.82, 2.24) is 5.32 Å². The van der Waals surface area contributed by atoms with Crippen molar-refractivity contribution < 1.29 is 33.4 Å². The summed E-state index contributed by atoms with van der Waals surface area (Å²) in [6.07, 6.45) is -1.24. The molecule has 8 nitrogen and oxygen atoms in total. The van der Waals surface area contributed by atoms with Gasteiger partial charge in [0, 0.05) is 0 Å². The predicted molar refractivity (Wildman–Crippen MR) is 76.0 cm³/mol. The minimum absolute atomic E-state index is 0.104. The highest BCUT2D eigenvalue weighted by Gasteiger charge is 2.26. The van der Waals surface area contributed by atoms with E-state index < -0.39 is 42.7 Å². The standard InChI is InChI=1S/C14H23NO7/c1-6-20-12(18)10(8-21-11(17)7-9(2)16)15-13(19)22-14(3,4)5/h10H,6-8H2,1-5H3,(H,15,19). The van der Waals surface area contributed by atoms with Gasteiger partial charge >= 0.3 is 18.0 Å². The highest BCUT2D eigenvalue weighted by atomic mass is 16.6. The van der Waals surface area contributed by atoms with Gasteiger partial charge in [-0.3, -0.25) is 9.59 Å². The highest BCUT2D eigenvalue weighted by Crippen LogP contribution is 2.07. The summed E-state index contributed by atoms with van der Waals surface area (Å²) in [5.41, 5.74) is -0.741. The molecule has 1 amide bonds. The van der Waals surface area contributed by atoms with Crippen LogP contribution in [0.2, 0.25) is 0 Å². The maximum absolute atomic E-state index is 11.7. The number of nitrogens with one attached hydrogen (secondary N) is 1. The summed E-state index contributed by atoms with van der Waals surface area (Å²) in [7, 11) is 0. The zero-order valence-corrected chi connectivity index (χ0v) is 13.6. The quantitative estimate of drug-likeness (QED) is 0.423. The van der Waals surface area contributed by atoms with E-state index in [0.29, 0.717) is 0 Å². The molecule has 0 radical (unpaired) electrons. The molecule has 0 aromatic carbocycles. The first-order valence-corrected chi connectivity index (χ1v) is 6.86. The molecule has 0 fully saturated rings. The average molecular weight is 317 g/mol. The maximum Gasteiger partial charge on any atom is 0.408 e. The van der Waals surface area contributed by atoms with Crippen LogP contribution in [0.3, 0.4) is 0 Å². The number of carbonyl (C=O) groups is 4. The zero-order valence-electron chi connectivity index (χ0n) is 13.6. The maximum atomic E-state index is 11.7. The number of hydrogen-bond donors (Lipinski definition) is 1. The average Bonchev–Trinajstić information content (AvgIpc) is 2.31. The van der Waals surface area contributed by atoms with Gasteiger partial charge in [0.25, 0.3) is 0 Å². The summed E-state index contributed by atoms with van der Waals surface area (Å²) in [5.74, 6) is -1.91. The van der Waals surface area contributed by atoms with Gasteiger partial charge in [0.15, 0.2) is 6.04 Å². The third-order valence-electron chi connectivity index (χ3n) is 2.07. The highest BCUT2D eigenvalue weighted by molar-refractivity contribution is 5.94. The molecule has 126 valence electrons. The molecule has 0 spiro atoms. The van der Waals surface area contributed by atoms with Crippen molar-refractivity contribution in [3.05, 3.63) is 0 Å². The molecular formula is C14H23NO7. The number of carbonyl (C=O) groups excluding carboxylic acids is 4. The van der Waals surface area contributed by atoms with Crippen LogP contribution in [0.15, 0.2) is 0 Å². The van der Waals surface area contributed by atoms with Gasteiger partial charge in [-0.25, -0.2) is 9.59 Å². The lowest BCUT2D eigenvalue weighted by Crippen LogP contribution is -2.47. The van der Waals surface area contributed by atoms with Gasteiger partial charge in [-0.05, 0) is 34.6 Å². The largest absolute Gasteiger partial charge is 0.464 e. The van der Waals surface area contributed by atoms with Crippen molar-refractivity contribution in [2.75, 3.05) is 13.2 Å². The lowest BCUT2D eigenvalue weighted by molar-refractivity contribution is -0.152. The molecule has 0 aliphatic rings. The van der Waals surface area contributed by atoms with Gasteiger partial charge < -0.3 is 19.5 Å². The third kappa shape index (κ3) is 9.73. The lowest BCUT2D eigenvalue weighted by Gasteiger charge is -2.22. The third-order valence-corrected chi connectivity index (χ3v) is 2.07. The zero-order chi connectivity index (χ0) is 17.3. The topological polar surface area (TPSA) is 108 Å². The summed E-state index contributed by atoms with van der Waals surface area (Å²) in [4.78, 5) is 45.5. The molecule has 0 bridgehead atoms. The first-order valence-electron chi connectivity index (χ1n) is 6.86. The molecule has 1 N–H and O–H groups in total. The van der Waals surface area contributed by atoms with Gasteiger partial charge in [-0.2, -0.15) is 0 Å². The van der Waals surface area contributed by atoms with E-state index in [1.165, 1.54) is 6.92 Å². The van der Waals surface area contributed by atoms with Crippen LogP contribution in [0.25, 0.3) is 0 Å². The number of alkyl carbamates (subject to hydrolysis) is 1. The Morgan fingerprint density at radius 3 is 2.14 bits per heavy atom. The number of ketones is 1. The van der Waals surface area contributed by atoms with Crippen LogP contribution in [0.1, 0.15) is 41.0 Å². The molecule has 0 saturated heterocycles. The Labute approximate surface area is 129 Å². The monoisotopic (exact) mass is 317 g/mol. The van der Waals surface area contributed by atoms with Gasteiger partial charge in [-0.15, -0.1) is 0 Å². The summed E-state index contributed by atoms with van der Waals surface area (Å²) in [6.45, 7) is 7.50. The molecule has 1 atom stereocenters.